The molecule has 0 aromatic heterocycles. The number of carbonyl (C=O) groups excluding carboxylic acids is 1. The lowest BCUT2D eigenvalue weighted by molar-refractivity contribution is 0.0955. The fraction of sp³-hybridized carbons (Fsp3) is 0.444. The molecule has 0 radical (unpaired) electrons. The van der Waals surface area contributed by atoms with E-state index in [0.717, 1.165) is 32.1 Å². The molecule has 1 amide bonds. The zero-order chi connectivity index (χ0) is 16.0. The summed E-state index contributed by atoms with van der Waals surface area (Å²) in [5, 5.41) is 3.68. The van der Waals surface area contributed by atoms with Crippen LogP contribution in [0.1, 0.15) is 55.3 Å². The van der Waals surface area contributed by atoms with Gasteiger partial charge in [-0.05, 0) is 31.4 Å². The Morgan fingerprint density at radius 2 is 1.86 bits per heavy atom. The Balaban J connectivity index is 2.10. The molecule has 0 bridgehead atoms. The summed E-state index contributed by atoms with van der Waals surface area (Å²) < 4.78 is 13.6. The first-order chi connectivity index (χ1) is 10.7. The van der Waals surface area contributed by atoms with Crippen LogP contribution in [-0.4, -0.2) is 18.3 Å². The average Bonchev–Trinajstić information content (AvgIpc) is 2.54. The average molecular weight is 303 g/mol. The van der Waals surface area contributed by atoms with Gasteiger partial charge in [0.25, 0.3) is 5.91 Å². The lowest BCUT2D eigenvalue weighted by atomic mass is 10.1. The Hall–Kier alpha value is -1.97. The van der Waals surface area contributed by atoms with Crippen molar-refractivity contribution >= 4 is 12.1 Å². The Bertz CT molecular complexity index is 459. The molecule has 0 aliphatic carbocycles. The number of amides is 1. The molecule has 1 atom stereocenters. The molecule has 4 heteroatoms. The summed E-state index contributed by atoms with van der Waals surface area (Å²) in [6, 6.07) is 8.74. The minimum absolute atomic E-state index is 0.328. The zero-order valence-electron chi connectivity index (χ0n) is 13.0. The first kappa shape index (κ1) is 18.1. The monoisotopic (exact) mass is 303 g/mol. The number of benzene rings is 1. The second kappa shape index (κ2) is 11.7. The van der Waals surface area contributed by atoms with Gasteiger partial charge in [-0.15, -0.1) is 6.58 Å². The molecule has 120 valence electrons. The van der Waals surface area contributed by atoms with E-state index in [2.05, 4.69) is 17.1 Å². The van der Waals surface area contributed by atoms with Crippen molar-refractivity contribution < 1.29 is 9.18 Å². The number of hydrogen-bond donors (Lipinski definition) is 1. The lowest BCUT2D eigenvalue weighted by Crippen LogP contribution is -2.18. The largest absolute Gasteiger partial charge is 0.271 e. The van der Waals surface area contributed by atoms with E-state index in [1.807, 2.05) is 12.1 Å². The maximum Gasteiger partial charge on any atom is 0.271 e. The Labute approximate surface area is 132 Å². The first-order valence-corrected chi connectivity index (χ1v) is 7.87. The van der Waals surface area contributed by atoms with Crippen LogP contribution in [0, 0.1) is 0 Å². The molecule has 0 spiro atoms. The third kappa shape index (κ3) is 8.35. The fourth-order valence-electron chi connectivity index (χ4n) is 2.06. The summed E-state index contributed by atoms with van der Waals surface area (Å²) in [7, 11) is 0. The van der Waals surface area contributed by atoms with Crippen LogP contribution in [0.2, 0.25) is 0 Å². The van der Waals surface area contributed by atoms with Gasteiger partial charge in [-0.25, -0.2) is 9.82 Å². The molecule has 0 unspecified atom stereocenters. The Morgan fingerprint density at radius 1 is 1.18 bits per heavy atom. The smallest absolute Gasteiger partial charge is 0.267 e. The number of alkyl halides is 1. The van der Waals surface area contributed by atoms with Crippen LogP contribution in [0.4, 0.5) is 4.39 Å². The predicted molar refractivity (Wildman–Crippen MR) is 89.8 cm³/mol. The van der Waals surface area contributed by atoms with E-state index in [-0.39, 0.29) is 5.91 Å². The second-order valence-corrected chi connectivity index (χ2v) is 5.23. The van der Waals surface area contributed by atoms with Crippen molar-refractivity contribution in [2.75, 3.05) is 0 Å². The number of nitrogens with one attached hydrogen (secondary N) is 1. The van der Waals surface area contributed by atoms with Crippen molar-refractivity contribution in [3.63, 3.8) is 0 Å². The zero-order valence-corrected chi connectivity index (χ0v) is 13.0. The number of carbonyl (C=O) groups is 1. The standard InChI is InChI=1S/C18H25FN2O/c1-2-3-4-5-6-7-11-14-17(19)15-20-21-18(22)16-12-9-8-10-13-16/h2,8-10,12-13,15,17H,1,3-7,11,14H2,(H,21,22)/b20-15+/t17-/m0/s1/i19-1. The molecule has 0 fully saturated rings. The molecular formula is C18H25FN2O. The SMILES string of the molecule is C=CCCCCCCC[C@H]([18F])/C=N/NC(=O)c1ccccc1. The van der Waals surface area contributed by atoms with Gasteiger partial charge in [0.05, 0.1) is 6.21 Å². The predicted octanol–water partition coefficient (Wildman–Crippen LogP) is 4.66. The van der Waals surface area contributed by atoms with E-state index in [9.17, 15) is 9.18 Å². The maximum absolute atomic E-state index is 13.6. The molecule has 1 aromatic rings. The molecule has 22 heavy (non-hydrogen) atoms. The molecule has 0 aliphatic rings. The van der Waals surface area contributed by atoms with Gasteiger partial charge in [0, 0.05) is 5.56 Å². The molecule has 0 aliphatic heterocycles. The van der Waals surface area contributed by atoms with Crippen molar-refractivity contribution in [1.82, 2.24) is 5.43 Å². The van der Waals surface area contributed by atoms with Gasteiger partial charge in [-0.1, -0.05) is 50.0 Å². The Kier molecular flexibility index (Phi) is 9.59. The van der Waals surface area contributed by atoms with E-state index >= 15 is 0 Å². The van der Waals surface area contributed by atoms with Gasteiger partial charge >= 0.3 is 0 Å². The molecule has 3 nitrogen and oxygen atoms in total. The Morgan fingerprint density at radius 3 is 2.59 bits per heavy atom. The quantitative estimate of drug-likeness (QED) is 0.275. The van der Waals surface area contributed by atoms with Crippen molar-refractivity contribution in [2.24, 2.45) is 5.10 Å². The van der Waals surface area contributed by atoms with Crippen molar-refractivity contribution in [2.45, 2.75) is 51.1 Å². The van der Waals surface area contributed by atoms with Crippen LogP contribution in [0.5, 0.6) is 0 Å². The molecule has 0 saturated heterocycles. The highest BCUT2D eigenvalue weighted by Gasteiger charge is 2.04. The van der Waals surface area contributed by atoms with Crippen LogP contribution in [0.3, 0.4) is 0 Å². The van der Waals surface area contributed by atoms with Crippen molar-refractivity contribution in [1.29, 1.82) is 0 Å². The van der Waals surface area contributed by atoms with Gasteiger partial charge in [0.15, 0.2) is 0 Å². The normalized spacial score (nSPS) is 12.2. The summed E-state index contributed by atoms with van der Waals surface area (Å²) in [4.78, 5) is 11.7. The summed E-state index contributed by atoms with van der Waals surface area (Å²) in [6.07, 6.45) is 8.82. The number of hydrogen-bond acceptors (Lipinski definition) is 2. The van der Waals surface area contributed by atoms with Crippen LogP contribution in [-0.2, 0) is 0 Å². The summed E-state index contributed by atoms with van der Waals surface area (Å²) in [5.41, 5.74) is 2.84. The van der Waals surface area contributed by atoms with E-state index in [0.29, 0.717) is 12.0 Å². The third-order valence-electron chi connectivity index (χ3n) is 3.33. The number of unbranched alkanes of at least 4 members (excludes halogenated alkanes) is 5. The highest BCUT2D eigenvalue weighted by Crippen LogP contribution is 2.09. The number of allylic oxidation sites excluding steroid dienone is 1. The van der Waals surface area contributed by atoms with Crippen molar-refractivity contribution in [3.05, 3.63) is 48.6 Å². The second-order valence-electron chi connectivity index (χ2n) is 5.23. The van der Waals surface area contributed by atoms with Gasteiger partial charge in [-0.2, -0.15) is 5.10 Å². The number of rotatable bonds is 11. The van der Waals surface area contributed by atoms with Gasteiger partial charge in [0.1, 0.15) is 6.17 Å². The molecule has 1 N–H and O–H groups in total. The van der Waals surface area contributed by atoms with Gasteiger partial charge < -0.3 is 0 Å². The number of hydrazone groups is 1. The third-order valence-corrected chi connectivity index (χ3v) is 3.33. The van der Waals surface area contributed by atoms with Crippen LogP contribution < -0.4 is 5.43 Å². The first-order valence-electron chi connectivity index (χ1n) is 7.87. The minimum Gasteiger partial charge on any atom is -0.267 e. The van der Waals surface area contributed by atoms with E-state index < -0.39 is 6.17 Å². The molecular weight excluding hydrogens is 278 g/mol. The minimum atomic E-state index is -1.11. The highest BCUT2D eigenvalue weighted by atomic mass is 18.2. The molecule has 1 rings (SSSR count). The van der Waals surface area contributed by atoms with Gasteiger partial charge in [0.2, 0.25) is 0 Å². The van der Waals surface area contributed by atoms with Crippen LogP contribution in [0.15, 0.2) is 48.1 Å². The summed E-state index contributed by atoms with van der Waals surface area (Å²) in [6.45, 7) is 3.68. The van der Waals surface area contributed by atoms with Gasteiger partial charge in [-0.3, -0.25) is 4.79 Å². The van der Waals surface area contributed by atoms with Crippen LogP contribution >= 0.6 is 0 Å². The molecule has 0 heterocycles. The molecule has 1 aromatic carbocycles. The number of halogens is 1. The van der Waals surface area contributed by atoms with E-state index in [1.54, 1.807) is 24.3 Å². The summed E-state index contributed by atoms with van der Waals surface area (Å²) in [5.74, 6) is -0.328. The van der Waals surface area contributed by atoms with E-state index in [1.165, 1.54) is 12.6 Å². The maximum atomic E-state index is 13.6. The van der Waals surface area contributed by atoms with E-state index in [4.69, 9.17) is 0 Å². The topological polar surface area (TPSA) is 41.5 Å². The van der Waals surface area contributed by atoms with Crippen molar-refractivity contribution in [3.8, 4) is 0 Å². The summed E-state index contributed by atoms with van der Waals surface area (Å²) >= 11 is 0. The highest BCUT2D eigenvalue weighted by molar-refractivity contribution is 5.94. The lowest BCUT2D eigenvalue weighted by Gasteiger charge is -2.03. The van der Waals surface area contributed by atoms with Crippen LogP contribution in [0.25, 0.3) is 0 Å². The molecule has 0 saturated carbocycles. The number of nitrogens with zero attached hydrogens (tertiary/aromatic N) is 1. The fourth-order valence-corrected chi connectivity index (χ4v) is 2.06.